The van der Waals surface area contributed by atoms with E-state index in [-0.39, 0.29) is 11.0 Å². The number of alkyl halides is 1. The third kappa shape index (κ3) is 2.64. The number of aromatic nitrogens is 3. The molecular weight excluding hydrogens is 266 g/mol. The Bertz CT molecular complexity index is 431. The number of hydrogen-bond acceptors (Lipinski definition) is 4. The maximum absolute atomic E-state index is 6.20. The van der Waals surface area contributed by atoms with Crippen LogP contribution in [-0.4, -0.2) is 40.4 Å². The first kappa shape index (κ1) is 13.3. The summed E-state index contributed by atoms with van der Waals surface area (Å²) in [5.74, 6) is 0. The molecule has 106 valence electrons. The minimum atomic E-state index is -0.0971. The normalized spacial score (nSPS) is 32.8. The van der Waals surface area contributed by atoms with Gasteiger partial charge < -0.3 is 9.47 Å². The lowest BCUT2D eigenvalue weighted by Gasteiger charge is -2.36. The molecule has 0 amide bonds. The topological polar surface area (TPSA) is 49.2 Å². The number of nitrogens with zero attached hydrogens (tertiary/aromatic N) is 3. The van der Waals surface area contributed by atoms with Crippen molar-refractivity contribution < 1.29 is 9.47 Å². The van der Waals surface area contributed by atoms with Gasteiger partial charge in [-0.05, 0) is 12.8 Å². The van der Waals surface area contributed by atoms with E-state index in [4.69, 9.17) is 21.1 Å². The molecule has 0 aromatic carbocycles. The van der Waals surface area contributed by atoms with Crippen molar-refractivity contribution in [2.45, 2.75) is 49.6 Å². The van der Waals surface area contributed by atoms with Crippen molar-refractivity contribution in [2.75, 3.05) is 19.8 Å². The highest BCUT2D eigenvalue weighted by Gasteiger charge is 2.41. The van der Waals surface area contributed by atoms with E-state index in [0.717, 1.165) is 44.6 Å². The Hall–Kier alpha value is -0.650. The molecule has 3 atom stereocenters. The van der Waals surface area contributed by atoms with E-state index in [1.807, 2.05) is 10.9 Å². The summed E-state index contributed by atoms with van der Waals surface area (Å²) in [7, 11) is 0. The van der Waals surface area contributed by atoms with Crippen LogP contribution < -0.4 is 0 Å². The number of hydrogen-bond donors (Lipinski definition) is 0. The van der Waals surface area contributed by atoms with Crippen LogP contribution in [0.15, 0.2) is 6.20 Å². The van der Waals surface area contributed by atoms with E-state index in [2.05, 4.69) is 17.2 Å². The molecular formula is C13H20ClN3O2. The first-order valence-corrected chi connectivity index (χ1v) is 7.43. The summed E-state index contributed by atoms with van der Waals surface area (Å²) in [6.45, 7) is 4.32. The largest absolute Gasteiger partial charge is 0.378 e. The molecule has 1 aromatic heterocycles. The van der Waals surface area contributed by atoms with Crippen LogP contribution in [0.2, 0.25) is 0 Å². The molecule has 0 N–H and O–H groups in total. The fraction of sp³-hybridized carbons (Fsp3) is 0.846. The second-order valence-corrected chi connectivity index (χ2v) is 6.01. The molecule has 2 aliphatic heterocycles. The lowest BCUT2D eigenvalue weighted by Crippen LogP contribution is -2.41. The molecule has 2 saturated heterocycles. The molecule has 3 heterocycles. The van der Waals surface area contributed by atoms with Gasteiger partial charge in [0.15, 0.2) is 0 Å². The van der Waals surface area contributed by atoms with Crippen molar-refractivity contribution in [2.24, 2.45) is 0 Å². The molecule has 2 fully saturated rings. The average Bonchev–Trinajstić information content (AvgIpc) is 3.08. The van der Waals surface area contributed by atoms with E-state index in [9.17, 15) is 0 Å². The van der Waals surface area contributed by atoms with Gasteiger partial charge >= 0.3 is 0 Å². The summed E-state index contributed by atoms with van der Waals surface area (Å²) in [4.78, 5) is 0. The fourth-order valence-corrected chi connectivity index (χ4v) is 3.01. The molecule has 3 unspecified atom stereocenters. The molecule has 19 heavy (non-hydrogen) atoms. The van der Waals surface area contributed by atoms with Gasteiger partial charge in [0.2, 0.25) is 0 Å². The van der Waals surface area contributed by atoms with Crippen LogP contribution in [0.4, 0.5) is 0 Å². The third-order valence-corrected chi connectivity index (χ3v) is 4.65. The second kappa shape index (κ2) is 5.38. The minimum absolute atomic E-state index is 0.0441. The number of rotatable bonds is 3. The second-order valence-electron chi connectivity index (χ2n) is 5.48. The van der Waals surface area contributed by atoms with Crippen LogP contribution in [0.25, 0.3) is 0 Å². The van der Waals surface area contributed by atoms with E-state index in [1.54, 1.807) is 0 Å². The summed E-state index contributed by atoms with van der Waals surface area (Å²) in [5, 5.41) is 8.39. The summed E-state index contributed by atoms with van der Waals surface area (Å²) >= 11 is 6.20. The first-order valence-electron chi connectivity index (χ1n) is 7.00. The lowest BCUT2D eigenvalue weighted by molar-refractivity contribution is -0.0964. The first-order chi connectivity index (χ1) is 9.22. The van der Waals surface area contributed by atoms with E-state index in [0.29, 0.717) is 12.6 Å². The van der Waals surface area contributed by atoms with Crippen LogP contribution in [0.1, 0.15) is 49.7 Å². The van der Waals surface area contributed by atoms with E-state index >= 15 is 0 Å². The highest BCUT2D eigenvalue weighted by Crippen LogP contribution is 2.38. The zero-order valence-electron chi connectivity index (χ0n) is 11.2. The lowest BCUT2D eigenvalue weighted by atomic mass is 9.90. The van der Waals surface area contributed by atoms with Gasteiger partial charge in [-0.15, -0.1) is 16.7 Å². The van der Waals surface area contributed by atoms with Crippen molar-refractivity contribution in [3.05, 3.63) is 11.9 Å². The smallest absolute Gasteiger partial charge is 0.101 e. The molecule has 2 aliphatic rings. The predicted molar refractivity (Wildman–Crippen MR) is 71.3 cm³/mol. The standard InChI is InChI=1S/C13H20ClN3O2/c1-2-11(14)12-8-17(16-15-12)10-3-5-19-13(7-10)4-6-18-9-13/h8,10-11H,2-7,9H2,1H3. The quantitative estimate of drug-likeness (QED) is 0.801. The fourth-order valence-electron chi connectivity index (χ4n) is 2.91. The van der Waals surface area contributed by atoms with Crippen LogP contribution in [0, 0.1) is 0 Å². The summed E-state index contributed by atoms with van der Waals surface area (Å²) in [6, 6.07) is 0.345. The molecule has 3 rings (SSSR count). The Balaban J connectivity index is 1.73. The van der Waals surface area contributed by atoms with Gasteiger partial charge in [-0.2, -0.15) is 0 Å². The Kier molecular flexibility index (Phi) is 3.78. The Morgan fingerprint density at radius 2 is 2.47 bits per heavy atom. The number of ether oxygens (including phenoxy) is 2. The number of halogens is 1. The Morgan fingerprint density at radius 1 is 1.58 bits per heavy atom. The van der Waals surface area contributed by atoms with Crippen LogP contribution >= 0.6 is 11.6 Å². The highest BCUT2D eigenvalue weighted by atomic mass is 35.5. The predicted octanol–water partition coefficient (Wildman–Crippen LogP) is 2.48. The Labute approximate surface area is 118 Å². The maximum atomic E-state index is 6.20. The summed E-state index contributed by atoms with van der Waals surface area (Å²) in [5.41, 5.74) is 0.771. The van der Waals surface area contributed by atoms with Crippen LogP contribution in [0.3, 0.4) is 0 Å². The van der Waals surface area contributed by atoms with Gasteiger partial charge in [-0.25, -0.2) is 4.68 Å². The zero-order valence-corrected chi connectivity index (χ0v) is 12.0. The van der Waals surface area contributed by atoms with Crippen molar-refractivity contribution in [1.29, 1.82) is 0 Å². The van der Waals surface area contributed by atoms with Gasteiger partial charge in [0.05, 0.1) is 29.8 Å². The van der Waals surface area contributed by atoms with Gasteiger partial charge in [-0.3, -0.25) is 0 Å². The van der Waals surface area contributed by atoms with Gasteiger partial charge in [0, 0.05) is 26.1 Å². The van der Waals surface area contributed by atoms with E-state index < -0.39 is 0 Å². The SMILES string of the molecule is CCC(Cl)c1cn(C2CCOC3(CCOC3)C2)nn1. The molecule has 0 bridgehead atoms. The maximum Gasteiger partial charge on any atom is 0.101 e. The minimum Gasteiger partial charge on any atom is -0.378 e. The van der Waals surface area contributed by atoms with Gasteiger partial charge in [0.1, 0.15) is 5.69 Å². The monoisotopic (exact) mass is 285 g/mol. The highest BCUT2D eigenvalue weighted by molar-refractivity contribution is 6.20. The van der Waals surface area contributed by atoms with Crippen molar-refractivity contribution in [3.63, 3.8) is 0 Å². The van der Waals surface area contributed by atoms with Crippen molar-refractivity contribution >= 4 is 11.6 Å². The molecule has 1 aromatic rings. The van der Waals surface area contributed by atoms with Crippen molar-refractivity contribution in [3.8, 4) is 0 Å². The Morgan fingerprint density at radius 3 is 3.21 bits per heavy atom. The molecule has 6 heteroatoms. The average molecular weight is 286 g/mol. The zero-order chi connectivity index (χ0) is 13.3. The summed E-state index contributed by atoms with van der Waals surface area (Å²) < 4.78 is 13.4. The van der Waals surface area contributed by atoms with E-state index in [1.165, 1.54) is 0 Å². The van der Waals surface area contributed by atoms with Gasteiger partial charge in [-0.1, -0.05) is 12.1 Å². The molecule has 0 aliphatic carbocycles. The van der Waals surface area contributed by atoms with Crippen molar-refractivity contribution in [1.82, 2.24) is 15.0 Å². The molecule has 0 radical (unpaired) electrons. The van der Waals surface area contributed by atoms with Crippen LogP contribution in [-0.2, 0) is 9.47 Å². The van der Waals surface area contributed by atoms with Crippen LogP contribution in [0.5, 0.6) is 0 Å². The molecule has 0 saturated carbocycles. The van der Waals surface area contributed by atoms with Gasteiger partial charge in [0.25, 0.3) is 0 Å². The third-order valence-electron chi connectivity index (χ3n) is 4.12. The molecule has 5 nitrogen and oxygen atoms in total. The summed E-state index contributed by atoms with van der Waals surface area (Å²) in [6.07, 6.45) is 5.77. The molecule has 1 spiro atoms.